The Morgan fingerprint density at radius 3 is 2.00 bits per heavy atom. The highest BCUT2D eigenvalue weighted by molar-refractivity contribution is 6.99. The van der Waals surface area contributed by atoms with Gasteiger partial charge in [0.1, 0.15) is 5.76 Å². The minimum Gasteiger partial charge on any atom is -0.442 e. The molecular formula is C27H36N2O3Si. The topological polar surface area (TPSA) is 47.7 Å². The van der Waals surface area contributed by atoms with E-state index in [0.29, 0.717) is 13.2 Å². The first-order chi connectivity index (χ1) is 15.8. The van der Waals surface area contributed by atoms with Crippen LogP contribution < -0.4 is 10.4 Å². The minimum atomic E-state index is -2.60. The van der Waals surface area contributed by atoms with E-state index in [1.807, 2.05) is 6.20 Å². The molecule has 0 bridgehead atoms. The summed E-state index contributed by atoms with van der Waals surface area (Å²) in [5.74, 6) is 1.50. The van der Waals surface area contributed by atoms with Gasteiger partial charge in [0.25, 0.3) is 8.32 Å². The molecule has 0 spiro atoms. The van der Waals surface area contributed by atoms with Crippen molar-refractivity contribution in [2.75, 3.05) is 13.1 Å². The van der Waals surface area contributed by atoms with Gasteiger partial charge in [-0.15, -0.1) is 0 Å². The predicted octanol–water partition coefficient (Wildman–Crippen LogP) is 4.36. The predicted molar refractivity (Wildman–Crippen MR) is 134 cm³/mol. The molecule has 0 N–H and O–H groups in total. The Balaban J connectivity index is 1.57. The minimum absolute atomic E-state index is 0.0708. The van der Waals surface area contributed by atoms with Crippen molar-refractivity contribution in [2.24, 2.45) is 0 Å². The normalized spacial score (nSPS) is 20.2. The van der Waals surface area contributed by atoms with Gasteiger partial charge in [-0.1, -0.05) is 81.4 Å². The van der Waals surface area contributed by atoms with Crippen molar-refractivity contribution in [2.45, 2.75) is 65.0 Å². The zero-order chi connectivity index (χ0) is 23.5. The van der Waals surface area contributed by atoms with E-state index >= 15 is 0 Å². The molecule has 4 rings (SSSR count). The second-order valence-corrected chi connectivity index (χ2v) is 14.4. The number of aromatic nitrogens is 1. The highest BCUT2D eigenvalue weighted by Gasteiger charge is 2.50. The van der Waals surface area contributed by atoms with Gasteiger partial charge in [-0.3, -0.25) is 4.90 Å². The van der Waals surface area contributed by atoms with Gasteiger partial charge in [-0.05, 0) is 29.3 Å². The summed E-state index contributed by atoms with van der Waals surface area (Å²) in [7, 11) is -2.60. The van der Waals surface area contributed by atoms with Gasteiger partial charge in [0, 0.05) is 13.1 Å². The highest BCUT2D eigenvalue weighted by atomic mass is 28.4. The molecule has 33 heavy (non-hydrogen) atoms. The van der Waals surface area contributed by atoms with Crippen molar-refractivity contribution >= 4 is 18.7 Å². The smallest absolute Gasteiger partial charge is 0.261 e. The third-order valence-electron chi connectivity index (χ3n) is 6.30. The fourth-order valence-corrected chi connectivity index (χ4v) is 9.55. The Bertz CT molecular complexity index is 967. The fourth-order valence-electron chi connectivity index (χ4n) is 5.03. The first kappa shape index (κ1) is 23.9. The van der Waals surface area contributed by atoms with Crippen LogP contribution in [0.15, 0.2) is 71.3 Å². The Morgan fingerprint density at radius 1 is 0.939 bits per heavy atom. The molecule has 0 aliphatic carbocycles. The Hall–Kier alpha value is -2.25. The van der Waals surface area contributed by atoms with Crippen molar-refractivity contribution < 1.29 is 13.6 Å². The van der Waals surface area contributed by atoms with Crippen molar-refractivity contribution in [3.63, 3.8) is 0 Å². The lowest BCUT2D eigenvalue weighted by Gasteiger charge is -2.42. The summed E-state index contributed by atoms with van der Waals surface area (Å²) in [6, 6.07) is 21.4. The van der Waals surface area contributed by atoms with Crippen LogP contribution in [0.3, 0.4) is 0 Å². The van der Waals surface area contributed by atoms with Gasteiger partial charge in [-0.25, -0.2) is 4.98 Å². The highest BCUT2D eigenvalue weighted by Crippen LogP contribution is 2.37. The van der Waals surface area contributed by atoms with Crippen molar-refractivity contribution in [1.82, 2.24) is 9.88 Å². The van der Waals surface area contributed by atoms with Crippen molar-refractivity contribution in [1.29, 1.82) is 0 Å². The summed E-state index contributed by atoms with van der Waals surface area (Å²) in [5.41, 5.74) is 0. The van der Waals surface area contributed by atoms with Gasteiger partial charge in [0.2, 0.25) is 5.89 Å². The molecule has 1 unspecified atom stereocenters. The van der Waals surface area contributed by atoms with Gasteiger partial charge >= 0.3 is 0 Å². The molecule has 2 atom stereocenters. The van der Waals surface area contributed by atoms with E-state index in [1.54, 1.807) is 0 Å². The standard InChI is InChI=1S/C27H36N2O3Si/c1-21-17-29(18-22(2)31-21)19-26-28-16-23(32-26)20-30-33(27(3,4)5,24-12-8-6-9-13-24)25-14-10-7-11-15-25/h6-16,21-22H,17-20H2,1-5H3/t21-,22?/m0/s1. The first-order valence-electron chi connectivity index (χ1n) is 11.8. The zero-order valence-electron chi connectivity index (χ0n) is 20.5. The second-order valence-electron chi connectivity index (χ2n) is 10.1. The van der Waals surface area contributed by atoms with Crippen LogP contribution in [0.1, 0.15) is 46.3 Å². The number of nitrogens with zero attached hydrogens (tertiary/aromatic N) is 2. The lowest BCUT2D eigenvalue weighted by atomic mass is 10.2. The molecule has 0 amide bonds. The fraction of sp³-hybridized carbons (Fsp3) is 0.444. The summed E-state index contributed by atoms with van der Waals surface area (Å²) in [4.78, 5) is 6.90. The Morgan fingerprint density at radius 2 is 1.48 bits per heavy atom. The van der Waals surface area contributed by atoms with E-state index in [0.717, 1.165) is 24.7 Å². The van der Waals surface area contributed by atoms with Crippen molar-refractivity contribution in [3.8, 4) is 0 Å². The number of ether oxygens (including phenoxy) is 1. The molecule has 2 heterocycles. The summed E-state index contributed by atoms with van der Waals surface area (Å²) < 4.78 is 18.9. The monoisotopic (exact) mass is 464 g/mol. The van der Waals surface area contributed by atoms with E-state index in [4.69, 9.17) is 13.6 Å². The van der Waals surface area contributed by atoms with E-state index in [9.17, 15) is 0 Å². The van der Waals surface area contributed by atoms with Gasteiger partial charge in [0.05, 0.1) is 31.6 Å². The van der Waals surface area contributed by atoms with E-state index in [-0.39, 0.29) is 17.2 Å². The molecule has 1 saturated heterocycles. The zero-order valence-corrected chi connectivity index (χ0v) is 21.5. The largest absolute Gasteiger partial charge is 0.442 e. The molecule has 5 nitrogen and oxygen atoms in total. The summed E-state index contributed by atoms with van der Waals surface area (Å²) >= 11 is 0. The summed E-state index contributed by atoms with van der Waals surface area (Å²) in [6.07, 6.45) is 2.27. The maximum absolute atomic E-state index is 6.96. The van der Waals surface area contributed by atoms with E-state index in [1.165, 1.54) is 10.4 Å². The average molecular weight is 465 g/mol. The molecular weight excluding hydrogens is 428 g/mol. The third-order valence-corrected chi connectivity index (χ3v) is 11.3. The summed E-state index contributed by atoms with van der Waals surface area (Å²) in [6.45, 7) is 13.9. The second kappa shape index (κ2) is 9.93. The maximum Gasteiger partial charge on any atom is 0.261 e. The first-order valence-corrected chi connectivity index (χ1v) is 13.7. The number of hydrogen-bond acceptors (Lipinski definition) is 5. The molecule has 6 heteroatoms. The molecule has 1 aliphatic heterocycles. The molecule has 176 valence electrons. The molecule has 0 radical (unpaired) electrons. The van der Waals surface area contributed by atoms with Crippen LogP contribution in [0, 0.1) is 0 Å². The maximum atomic E-state index is 6.96. The van der Waals surface area contributed by atoms with Gasteiger partial charge < -0.3 is 13.6 Å². The van der Waals surface area contributed by atoms with Crippen LogP contribution in [0.2, 0.25) is 5.04 Å². The Labute approximate surface area is 198 Å². The molecule has 1 aliphatic rings. The number of benzene rings is 2. The van der Waals surface area contributed by atoms with E-state index in [2.05, 4.69) is 105 Å². The molecule has 2 aromatic carbocycles. The third kappa shape index (κ3) is 5.30. The van der Waals surface area contributed by atoms with Crippen LogP contribution in [0.5, 0.6) is 0 Å². The molecule has 1 aromatic heterocycles. The summed E-state index contributed by atoms with van der Waals surface area (Å²) in [5, 5.41) is 2.46. The SMILES string of the molecule is CC1CN(Cc2ncc(CO[Si](c3ccccc3)(c3ccccc3)C(C)(C)C)o2)C[C@H](C)O1. The van der Waals surface area contributed by atoms with Crippen LogP contribution in [-0.4, -0.2) is 43.5 Å². The number of morpholine rings is 1. The van der Waals surface area contributed by atoms with Gasteiger partial charge in [0.15, 0.2) is 0 Å². The lowest BCUT2D eigenvalue weighted by molar-refractivity contribution is -0.0722. The van der Waals surface area contributed by atoms with Crippen LogP contribution in [0.25, 0.3) is 0 Å². The lowest BCUT2D eigenvalue weighted by Crippen LogP contribution is -2.66. The van der Waals surface area contributed by atoms with Crippen LogP contribution >= 0.6 is 0 Å². The Kier molecular flexibility index (Phi) is 7.19. The molecule has 0 saturated carbocycles. The quantitative estimate of drug-likeness (QED) is 0.486. The number of oxazole rings is 1. The number of rotatable bonds is 7. The van der Waals surface area contributed by atoms with Gasteiger partial charge in [-0.2, -0.15) is 0 Å². The van der Waals surface area contributed by atoms with Crippen LogP contribution in [0.4, 0.5) is 0 Å². The average Bonchev–Trinajstić information content (AvgIpc) is 3.21. The number of hydrogen-bond donors (Lipinski definition) is 0. The van der Waals surface area contributed by atoms with E-state index < -0.39 is 8.32 Å². The van der Waals surface area contributed by atoms with Crippen LogP contribution in [-0.2, 0) is 22.3 Å². The van der Waals surface area contributed by atoms with Crippen molar-refractivity contribution in [3.05, 3.63) is 78.5 Å². The molecule has 3 aromatic rings. The molecule has 1 fully saturated rings.